The third kappa shape index (κ3) is 1.99. The molecule has 1 aliphatic heterocycles. The molecule has 1 aromatic carbocycles. The number of nitrogens with one attached hydrogen (secondary N) is 1. The first-order valence-corrected chi connectivity index (χ1v) is 5.81. The number of hydrogen-bond acceptors (Lipinski definition) is 3. The summed E-state index contributed by atoms with van der Waals surface area (Å²) in [6.45, 7) is 1.92. The highest BCUT2D eigenvalue weighted by Crippen LogP contribution is 2.24. The van der Waals surface area contributed by atoms with E-state index >= 15 is 0 Å². The Labute approximate surface area is 105 Å². The highest BCUT2D eigenvalue weighted by Gasteiger charge is 2.32. The van der Waals surface area contributed by atoms with E-state index in [2.05, 4.69) is 5.32 Å². The fraction of sp³-hybridized carbons (Fsp3) is 0.308. The van der Waals surface area contributed by atoms with E-state index in [0.717, 1.165) is 11.3 Å². The number of rotatable bonds is 3. The van der Waals surface area contributed by atoms with Crippen molar-refractivity contribution in [3.05, 3.63) is 29.3 Å². The van der Waals surface area contributed by atoms with Crippen LogP contribution in [0, 0.1) is 0 Å². The maximum atomic E-state index is 11.8. The normalized spacial score (nSPS) is 13.8. The van der Waals surface area contributed by atoms with Gasteiger partial charge < -0.3 is 5.32 Å². The minimum atomic E-state index is -0.332. The van der Waals surface area contributed by atoms with Crippen molar-refractivity contribution in [2.75, 3.05) is 12.4 Å². The lowest BCUT2D eigenvalue weighted by atomic mass is 10.1. The Morgan fingerprint density at radius 2 is 1.89 bits per heavy atom. The Balaban J connectivity index is 2.27. The Morgan fingerprint density at radius 1 is 1.22 bits per heavy atom. The molecule has 2 rings (SSSR count). The van der Waals surface area contributed by atoms with Gasteiger partial charge in [0, 0.05) is 19.2 Å². The number of carbonyl (C=O) groups is 3. The zero-order chi connectivity index (χ0) is 13.3. The van der Waals surface area contributed by atoms with Crippen molar-refractivity contribution in [3.63, 3.8) is 0 Å². The van der Waals surface area contributed by atoms with Crippen molar-refractivity contribution in [3.8, 4) is 0 Å². The summed E-state index contributed by atoms with van der Waals surface area (Å²) < 4.78 is 0. The van der Waals surface area contributed by atoms with E-state index in [-0.39, 0.29) is 17.7 Å². The summed E-state index contributed by atoms with van der Waals surface area (Å²) in [5, 5.41) is 2.70. The van der Waals surface area contributed by atoms with Crippen LogP contribution in [0.5, 0.6) is 0 Å². The van der Waals surface area contributed by atoms with Crippen molar-refractivity contribution in [1.82, 2.24) is 4.90 Å². The van der Waals surface area contributed by atoms with Gasteiger partial charge in [-0.1, -0.05) is 6.92 Å². The van der Waals surface area contributed by atoms with E-state index in [1.165, 1.54) is 7.05 Å². The zero-order valence-corrected chi connectivity index (χ0v) is 10.3. The van der Waals surface area contributed by atoms with Crippen molar-refractivity contribution >= 4 is 23.4 Å². The molecule has 0 bridgehead atoms. The van der Waals surface area contributed by atoms with E-state index in [1.807, 2.05) is 6.92 Å². The molecule has 3 amide bonds. The Kier molecular flexibility index (Phi) is 3.14. The molecule has 5 heteroatoms. The van der Waals surface area contributed by atoms with E-state index in [1.54, 1.807) is 18.2 Å². The fourth-order valence-electron chi connectivity index (χ4n) is 1.89. The molecular formula is C13H14N2O3. The molecule has 0 aromatic heterocycles. The molecule has 0 spiro atoms. The predicted molar refractivity (Wildman–Crippen MR) is 66.4 cm³/mol. The highest BCUT2D eigenvalue weighted by atomic mass is 16.2. The maximum absolute atomic E-state index is 11.8. The van der Waals surface area contributed by atoms with Gasteiger partial charge in [0.15, 0.2) is 0 Å². The second kappa shape index (κ2) is 4.60. The summed E-state index contributed by atoms with van der Waals surface area (Å²) in [7, 11) is 1.44. The molecule has 0 fully saturated rings. The minimum Gasteiger partial charge on any atom is -0.326 e. The number of imide groups is 1. The van der Waals surface area contributed by atoms with Crippen LogP contribution in [0.1, 0.15) is 40.5 Å². The Morgan fingerprint density at radius 3 is 2.56 bits per heavy atom. The second-order valence-electron chi connectivity index (χ2n) is 4.23. The lowest BCUT2D eigenvalue weighted by molar-refractivity contribution is -0.116. The third-order valence-corrected chi connectivity index (χ3v) is 2.85. The number of anilines is 1. The first-order chi connectivity index (χ1) is 8.54. The molecule has 1 heterocycles. The van der Waals surface area contributed by atoms with Gasteiger partial charge in [-0.25, -0.2) is 0 Å². The lowest BCUT2D eigenvalue weighted by Crippen LogP contribution is -2.24. The van der Waals surface area contributed by atoms with Gasteiger partial charge in [0.1, 0.15) is 0 Å². The molecular weight excluding hydrogens is 232 g/mol. The summed E-state index contributed by atoms with van der Waals surface area (Å²) in [4.78, 5) is 35.9. The number of carbonyl (C=O) groups excluding carboxylic acids is 3. The van der Waals surface area contributed by atoms with Crippen LogP contribution in [-0.4, -0.2) is 29.7 Å². The SMILES string of the molecule is CCCC(=O)Nc1ccc2c(c1)C(=O)N(C)C2=O. The fourth-order valence-corrected chi connectivity index (χ4v) is 1.89. The molecule has 0 aliphatic carbocycles. The predicted octanol–water partition coefficient (Wildman–Crippen LogP) is 1.65. The molecule has 0 radical (unpaired) electrons. The van der Waals surface area contributed by atoms with Crippen molar-refractivity contribution in [1.29, 1.82) is 0 Å². The lowest BCUT2D eigenvalue weighted by Gasteiger charge is -2.05. The molecule has 1 N–H and O–H groups in total. The maximum Gasteiger partial charge on any atom is 0.261 e. The van der Waals surface area contributed by atoms with Crippen LogP contribution in [0.4, 0.5) is 5.69 Å². The van der Waals surface area contributed by atoms with Gasteiger partial charge in [0.05, 0.1) is 11.1 Å². The number of fused-ring (bicyclic) bond motifs is 1. The molecule has 94 valence electrons. The molecule has 18 heavy (non-hydrogen) atoms. The van der Waals surface area contributed by atoms with Crippen LogP contribution in [0.15, 0.2) is 18.2 Å². The number of benzene rings is 1. The summed E-state index contributed by atoms with van der Waals surface area (Å²) in [6.07, 6.45) is 1.20. The third-order valence-electron chi connectivity index (χ3n) is 2.85. The van der Waals surface area contributed by atoms with E-state index in [9.17, 15) is 14.4 Å². The first kappa shape index (κ1) is 12.3. The highest BCUT2D eigenvalue weighted by molar-refractivity contribution is 6.21. The van der Waals surface area contributed by atoms with Crippen molar-refractivity contribution < 1.29 is 14.4 Å². The van der Waals surface area contributed by atoms with Crippen molar-refractivity contribution in [2.45, 2.75) is 19.8 Å². The summed E-state index contributed by atoms with van der Waals surface area (Å²) in [5.41, 5.74) is 1.27. The average Bonchev–Trinajstić information content (AvgIpc) is 2.55. The van der Waals surface area contributed by atoms with Crippen LogP contribution in [0.2, 0.25) is 0 Å². The zero-order valence-electron chi connectivity index (χ0n) is 10.3. The monoisotopic (exact) mass is 246 g/mol. The van der Waals surface area contributed by atoms with E-state index in [4.69, 9.17) is 0 Å². The quantitative estimate of drug-likeness (QED) is 0.825. The van der Waals surface area contributed by atoms with Crippen LogP contribution in [-0.2, 0) is 4.79 Å². The topological polar surface area (TPSA) is 66.5 Å². The molecule has 5 nitrogen and oxygen atoms in total. The van der Waals surface area contributed by atoms with Gasteiger partial charge >= 0.3 is 0 Å². The summed E-state index contributed by atoms with van der Waals surface area (Å²) in [5.74, 6) is -0.731. The largest absolute Gasteiger partial charge is 0.326 e. The second-order valence-corrected chi connectivity index (χ2v) is 4.23. The number of nitrogens with zero attached hydrogens (tertiary/aromatic N) is 1. The van der Waals surface area contributed by atoms with Gasteiger partial charge in [-0.05, 0) is 24.6 Å². The van der Waals surface area contributed by atoms with Gasteiger partial charge in [-0.3, -0.25) is 19.3 Å². The minimum absolute atomic E-state index is 0.0948. The standard InChI is InChI=1S/C13H14N2O3/c1-3-4-11(16)14-8-5-6-9-10(7-8)13(18)15(2)12(9)17/h5-7H,3-4H2,1-2H3,(H,14,16). The van der Waals surface area contributed by atoms with Crippen LogP contribution in [0.3, 0.4) is 0 Å². The van der Waals surface area contributed by atoms with Gasteiger partial charge in [-0.15, -0.1) is 0 Å². The smallest absolute Gasteiger partial charge is 0.261 e. The van der Waals surface area contributed by atoms with Gasteiger partial charge in [-0.2, -0.15) is 0 Å². The number of amides is 3. The summed E-state index contributed by atoms with van der Waals surface area (Å²) >= 11 is 0. The molecule has 0 atom stereocenters. The molecule has 1 aromatic rings. The van der Waals surface area contributed by atoms with E-state index < -0.39 is 0 Å². The molecule has 0 saturated heterocycles. The average molecular weight is 246 g/mol. The Hall–Kier alpha value is -2.17. The Bertz CT molecular complexity index is 537. The molecule has 0 unspecified atom stereocenters. The van der Waals surface area contributed by atoms with Crippen LogP contribution in [0.25, 0.3) is 0 Å². The van der Waals surface area contributed by atoms with Crippen molar-refractivity contribution in [2.24, 2.45) is 0 Å². The first-order valence-electron chi connectivity index (χ1n) is 5.81. The summed E-state index contributed by atoms with van der Waals surface area (Å²) in [6, 6.07) is 4.75. The molecule has 0 saturated carbocycles. The number of hydrogen-bond donors (Lipinski definition) is 1. The molecule has 1 aliphatic rings. The van der Waals surface area contributed by atoms with Crippen LogP contribution >= 0.6 is 0 Å². The van der Waals surface area contributed by atoms with Gasteiger partial charge in [0.2, 0.25) is 5.91 Å². The van der Waals surface area contributed by atoms with E-state index in [0.29, 0.717) is 23.2 Å². The van der Waals surface area contributed by atoms with Crippen LogP contribution < -0.4 is 5.32 Å². The van der Waals surface area contributed by atoms with Gasteiger partial charge in [0.25, 0.3) is 11.8 Å².